The summed E-state index contributed by atoms with van der Waals surface area (Å²) in [6.07, 6.45) is -10.7. The summed E-state index contributed by atoms with van der Waals surface area (Å²) in [5.41, 5.74) is 3.39. The maximum Gasteiger partial charge on any atom is 0.573 e. The molecular weight excluding hydrogens is 490 g/mol. The fourth-order valence-electron chi connectivity index (χ4n) is 3.01. The first-order valence-electron chi connectivity index (χ1n) is 9.62. The lowest BCUT2D eigenvalue weighted by Gasteiger charge is -2.37. The number of hydrogen-bond acceptors (Lipinski definition) is 4. The molecule has 2 aromatic rings. The molecule has 0 fully saturated rings. The Balaban J connectivity index is 2.78. The number of ether oxygens (including phenoxy) is 2. The highest BCUT2D eigenvalue weighted by molar-refractivity contribution is 7.84. The Bertz CT molecular complexity index is 991. The first-order valence-corrected chi connectivity index (χ1v) is 10.8. The zero-order valence-corrected chi connectivity index (χ0v) is 19.0. The van der Waals surface area contributed by atoms with Gasteiger partial charge in [-0.1, -0.05) is 24.3 Å². The number of nitrogens with two attached hydrogens (primary N) is 1. The van der Waals surface area contributed by atoms with Crippen LogP contribution in [0.2, 0.25) is 0 Å². The Morgan fingerprint density at radius 1 is 0.882 bits per heavy atom. The van der Waals surface area contributed by atoms with E-state index in [1.807, 2.05) is 0 Å². The molecule has 2 aromatic carbocycles. The third-order valence-electron chi connectivity index (χ3n) is 4.38. The van der Waals surface area contributed by atoms with E-state index in [4.69, 9.17) is 5.73 Å². The lowest BCUT2D eigenvalue weighted by molar-refractivity contribution is -0.275. The summed E-state index contributed by atoms with van der Waals surface area (Å²) in [5.74, 6) is -2.29. The zero-order chi connectivity index (χ0) is 25.9. The van der Waals surface area contributed by atoms with E-state index in [9.17, 15) is 35.3 Å². The molecule has 0 spiro atoms. The predicted octanol–water partition coefficient (Wildman–Crippen LogP) is 4.65. The second-order valence-corrected chi connectivity index (χ2v) is 10.1. The maximum atomic E-state index is 13.1. The Morgan fingerprint density at radius 3 is 1.62 bits per heavy atom. The molecule has 188 valence electrons. The molecule has 0 heterocycles. The number of nitrogens with one attached hydrogen (secondary N) is 1. The smallest absolute Gasteiger partial charge is 0.406 e. The van der Waals surface area contributed by atoms with Gasteiger partial charge < -0.3 is 15.2 Å². The first kappa shape index (κ1) is 27.4. The minimum Gasteiger partial charge on any atom is -0.406 e. The second-order valence-electron chi connectivity index (χ2n) is 8.18. The Morgan fingerprint density at radius 2 is 1.29 bits per heavy atom. The van der Waals surface area contributed by atoms with Crippen LogP contribution < -0.4 is 19.9 Å². The molecule has 1 atom stereocenters. The molecule has 1 amide bonds. The fourth-order valence-corrected chi connectivity index (χ4v) is 3.95. The summed E-state index contributed by atoms with van der Waals surface area (Å²) in [7, 11) is -1.96. The first-order chi connectivity index (χ1) is 15.4. The number of hydrogen-bond donors (Lipinski definition) is 2. The van der Waals surface area contributed by atoms with Crippen molar-refractivity contribution in [2.75, 3.05) is 0 Å². The number of benzene rings is 2. The monoisotopic (exact) mass is 512 g/mol. The van der Waals surface area contributed by atoms with Crippen molar-refractivity contribution in [3.05, 3.63) is 59.7 Å². The van der Waals surface area contributed by atoms with Crippen LogP contribution >= 0.6 is 0 Å². The van der Waals surface area contributed by atoms with E-state index in [-0.39, 0.29) is 11.1 Å². The van der Waals surface area contributed by atoms with E-state index in [0.717, 1.165) is 24.3 Å². The van der Waals surface area contributed by atoms with Crippen LogP contribution in [0.15, 0.2) is 48.5 Å². The number of halogens is 6. The summed E-state index contributed by atoms with van der Waals surface area (Å²) in [5, 5.41) is 0. The molecule has 0 aromatic heterocycles. The van der Waals surface area contributed by atoms with Crippen molar-refractivity contribution in [1.82, 2.24) is 4.72 Å². The fraction of sp³-hybridized carbons (Fsp3) is 0.381. The number of rotatable bonds is 8. The highest BCUT2D eigenvalue weighted by Crippen LogP contribution is 2.39. The minimum atomic E-state index is -5.03. The van der Waals surface area contributed by atoms with Gasteiger partial charge in [-0.3, -0.25) is 4.79 Å². The molecule has 6 nitrogen and oxygen atoms in total. The Hall–Kier alpha value is -2.80. The average molecular weight is 512 g/mol. The zero-order valence-electron chi connectivity index (χ0n) is 18.2. The molecule has 0 saturated heterocycles. The van der Waals surface area contributed by atoms with Crippen molar-refractivity contribution >= 4 is 16.9 Å². The van der Waals surface area contributed by atoms with Crippen molar-refractivity contribution in [2.45, 2.75) is 50.2 Å². The predicted molar refractivity (Wildman–Crippen MR) is 112 cm³/mol. The van der Waals surface area contributed by atoms with Crippen LogP contribution in [0, 0.1) is 0 Å². The molecule has 0 radical (unpaired) electrons. The van der Waals surface area contributed by atoms with Crippen LogP contribution in [0.5, 0.6) is 11.5 Å². The number of carbonyl (C=O) groups excluding carboxylic acids is 1. The molecule has 0 aliphatic carbocycles. The SMILES string of the molecule is CC(C)(C)[S@](=O)NC(CC(N)=O)(c1cccc(OC(F)(F)F)c1)c1cccc(OC(F)(F)F)c1. The Kier molecular flexibility index (Phi) is 7.93. The molecule has 0 aliphatic heterocycles. The van der Waals surface area contributed by atoms with Crippen LogP contribution in [-0.2, 0) is 21.3 Å². The topological polar surface area (TPSA) is 90.7 Å². The van der Waals surface area contributed by atoms with Gasteiger partial charge in [0.1, 0.15) is 11.5 Å². The van der Waals surface area contributed by atoms with Crippen molar-refractivity contribution in [1.29, 1.82) is 0 Å². The van der Waals surface area contributed by atoms with Crippen molar-refractivity contribution in [3.63, 3.8) is 0 Å². The number of primary amides is 1. The molecule has 0 aliphatic rings. The van der Waals surface area contributed by atoms with Crippen molar-refractivity contribution in [2.24, 2.45) is 5.73 Å². The molecule has 0 saturated carbocycles. The highest BCUT2D eigenvalue weighted by Gasteiger charge is 2.41. The molecule has 3 N–H and O–H groups in total. The standard InChI is InChI=1S/C21H22F6N2O4S/c1-18(2,3)34(31)29-19(12-17(28)30,13-6-4-8-15(10-13)32-20(22,23)24)14-7-5-9-16(11-14)33-21(25,26)27/h4-11,29H,12H2,1-3H3,(H2,28,30)/t34-/m0/s1. The van der Waals surface area contributed by atoms with Crippen LogP contribution in [0.1, 0.15) is 38.3 Å². The van der Waals surface area contributed by atoms with Crippen LogP contribution in [0.4, 0.5) is 26.3 Å². The summed E-state index contributed by atoms with van der Waals surface area (Å²) in [6.45, 7) is 4.74. The van der Waals surface area contributed by atoms with Gasteiger partial charge in [-0.2, -0.15) is 0 Å². The number of carbonyl (C=O) groups is 1. The van der Waals surface area contributed by atoms with Crippen molar-refractivity contribution < 1.29 is 44.8 Å². The van der Waals surface area contributed by atoms with Gasteiger partial charge >= 0.3 is 12.7 Å². The molecule has 34 heavy (non-hydrogen) atoms. The summed E-state index contributed by atoms with van der Waals surface area (Å²) in [6, 6.07) is 8.83. The van der Waals surface area contributed by atoms with Gasteiger partial charge in [0, 0.05) is 0 Å². The van der Waals surface area contributed by atoms with Crippen molar-refractivity contribution in [3.8, 4) is 11.5 Å². The normalized spacial score (nSPS) is 13.9. The third-order valence-corrected chi connectivity index (χ3v) is 6.03. The van der Waals surface area contributed by atoms with Gasteiger partial charge in [-0.05, 0) is 56.2 Å². The molecule has 13 heteroatoms. The lowest BCUT2D eigenvalue weighted by Crippen LogP contribution is -2.50. The summed E-state index contributed by atoms with van der Waals surface area (Å²) in [4.78, 5) is 12.1. The van der Waals surface area contributed by atoms with Crippen LogP contribution in [0.25, 0.3) is 0 Å². The van der Waals surface area contributed by atoms with Gasteiger partial charge in [0.25, 0.3) is 0 Å². The number of alkyl halides is 6. The number of amides is 1. The van der Waals surface area contributed by atoms with E-state index in [1.54, 1.807) is 20.8 Å². The molecular formula is C21H22F6N2O4S. The van der Waals surface area contributed by atoms with E-state index in [2.05, 4.69) is 14.2 Å². The third kappa shape index (κ3) is 7.62. The van der Waals surface area contributed by atoms with Gasteiger partial charge in [0.15, 0.2) is 0 Å². The van der Waals surface area contributed by atoms with E-state index < -0.39 is 57.8 Å². The van der Waals surface area contributed by atoms with E-state index in [0.29, 0.717) is 0 Å². The summed E-state index contributed by atoms with van der Waals surface area (Å²) >= 11 is 0. The second kappa shape index (κ2) is 9.82. The van der Waals surface area contributed by atoms with Crippen LogP contribution in [0.3, 0.4) is 0 Å². The average Bonchev–Trinajstić information content (AvgIpc) is 2.64. The summed E-state index contributed by atoms with van der Waals surface area (Å²) < 4.78 is 99.5. The molecule has 0 unspecified atom stereocenters. The molecule has 0 bridgehead atoms. The van der Waals surface area contributed by atoms with Crippen LogP contribution in [-0.4, -0.2) is 27.6 Å². The molecule has 2 rings (SSSR count). The van der Waals surface area contributed by atoms with E-state index >= 15 is 0 Å². The van der Waals surface area contributed by atoms with Gasteiger partial charge in [-0.25, -0.2) is 8.93 Å². The van der Waals surface area contributed by atoms with E-state index in [1.165, 1.54) is 24.3 Å². The van der Waals surface area contributed by atoms with Gasteiger partial charge in [0.2, 0.25) is 5.91 Å². The van der Waals surface area contributed by atoms with Gasteiger partial charge in [-0.15, -0.1) is 26.3 Å². The lowest BCUT2D eigenvalue weighted by atomic mass is 9.80. The quantitative estimate of drug-likeness (QED) is 0.504. The highest BCUT2D eigenvalue weighted by atomic mass is 32.2. The van der Waals surface area contributed by atoms with Gasteiger partial charge in [0.05, 0.1) is 27.7 Å². The largest absolute Gasteiger partial charge is 0.573 e. The Labute approximate surface area is 194 Å². The minimum absolute atomic E-state index is 0.0604. The maximum absolute atomic E-state index is 13.1.